The molecule has 0 aliphatic carbocycles. The molecule has 0 radical (unpaired) electrons. The summed E-state index contributed by atoms with van der Waals surface area (Å²) in [6, 6.07) is 13.6. The third kappa shape index (κ3) is 2.83. The van der Waals surface area contributed by atoms with Gasteiger partial charge < -0.3 is 10.3 Å². The summed E-state index contributed by atoms with van der Waals surface area (Å²) in [7, 11) is 0. The monoisotopic (exact) mass is 343 g/mol. The second-order valence-corrected chi connectivity index (χ2v) is 5.57. The highest BCUT2D eigenvalue weighted by Crippen LogP contribution is 2.30. The summed E-state index contributed by atoms with van der Waals surface area (Å²) in [5, 5.41) is 4.04. The Morgan fingerprint density at radius 2 is 1.90 bits per heavy atom. The Labute approximate surface area is 131 Å². The van der Waals surface area contributed by atoms with Gasteiger partial charge in [-0.3, -0.25) is 0 Å². The fraction of sp³-hybridized carbons (Fsp3) is 0.125. The third-order valence-electron chi connectivity index (χ3n) is 3.27. The van der Waals surface area contributed by atoms with Gasteiger partial charge in [0, 0.05) is 15.7 Å². The average molecular weight is 344 g/mol. The Balaban J connectivity index is 1.97. The number of aromatic nitrogens is 2. The molecule has 21 heavy (non-hydrogen) atoms. The van der Waals surface area contributed by atoms with Crippen LogP contribution in [0.25, 0.3) is 22.8 Å². The number of hydrogen-bond acceptors (Lipinski definition) is 4. The molecule has 2 N–H and O–H groups in total. The summed E-state index contributed by atoms with van der Waals surface area (Å²) >= 11 is 3.47. The van der Waals surface area contributed by atoms with E-state index in [-0.39, 0.29) is 0 Å². The minimum Gasteiger partial charge on any atom is -0.399 e. The normalized spacial score (nSPS) is 10.8. The molecule has 0 atom stereocenters. The van der Waals surface area contributed by atoms with E-state index in [0.717, 1.165) is 22.0 Å². The quantitative estimate of drug-likeness (QED) is 0.719. The minimum absolute atomic E-state index is 0.448. The highest BCUT2D eigenvalue weighted by molar-refractivity contribution is 9.10. The van der Waals surface area contributed by atoms with Gasteiger partial charge in [0.1, 0.15) is 0 Å². The van der Waals surface area contributed by atoms with E-state index in [1.54, 1.807) is 0 Å². The second-order valence-electron chi connectivity index (χ2n) is 4.71. The Morgan fingerprint density at radius 1 is 1.14 bits per heavy atom. The fourth-order valence-electron chi connectivity index (χ4n) is 2.05. The lowest BCUT2D eigenvalue weighted by Crippen LogP contribution is -1.87. The zero-order valence-electron chi connectivity index (χ0n) is 11.5. The van der Waals surface area contributed by atoms with Crippen molar-refractivity contribution in [1.82, 2.24) is 10.1 Å². The van der Waals surface area contributed by atoms with Crippen molar-refractivity contribution >= 4 is 21.6 Å². The second kappa shape index (κ2) is 5.69. The summed E-state index contributed by atoms with van der Waals surface area (Å²) in [6.45, 7) is 2.12. The lowest BCUT2D eigenvalue weighted by atomic mass is 10.1. The van der Waals surface area contributed by atoms with E-state index in [1.165, 1.54) is 5.56 Å². The maximum atomic E-state index is 5.80. The number of rotatable bonds is 3. The average Bonchev–Trinajstić information content (AvgIpc) is 2.99. The summed E-state index contributed by atoms with van der Waals surface area (Å²) in [4.78, 5) is 4.44. The van der Waals surface area contributed by atoms with Crippen LogP contribution in [0.15, 0.2) is 51.5 Å². The molecule has 0 unspecified atom stereocenters. The van der Waals surface area contributed by atoms with Crippen molar-refractivity contribution in [2.75, 3.05) is 5.73 Å². The van der Waals surface area contributed by atoms with Gasteiger partial charge in [-0.1, -0.05) is 36.3 Å². The minimum atomic E-state index is 0.448. The van der Waals surface area contributed by atoms with Crippen LogP contribution in [0.5, 0.6) is 0 Å². The molecule has 0 bridgehead atoms. The largest absolute Gasteiger partial charge is 0.399 e. The number of halogens is 1. The molecule has 3 rings (SSSR count). The highest BCUT2D eigenvalue weighted by atomic mass is 79.9. The fourth-order valence-corrected chi connectivity index (χ4v) is 2.46. The van der Waals surface area contributed by atoms with Crippen LogP contribution in [0, 0.1) is 0 Å². The number of benzene rings is 2. The molecule has 2 aromatic carbocycles. The number of nitrogens with two attached hydrogens (primary N) is 1. The molecule has 0 spiro atoms. The molecule has 3 aromatic rings. The predicted octanol–water partition coefficient (Wildman–Crippen LogP) is 4.31. The molecule has 0 saturated carbocycles. The van der Waals surface area contributed by atoms with Gasteiger partial charge >= 0.3 is 0 Å². The number of hydrogen-bond donors (Lipinski definition) is 1. The molecule has 0 amide bonds. The lowest BCUT2D eigenvalue weighted by molar-refractivity contribution is 0.432. The van der Waals surface area contributed by atoms with Crippen LogP contribution in [0.1, 0.15) is 12.5 Å². The molecule has 4 nitrogen and oxygen atoms in total. The SMILES string of the molecule is CCc1ccc(-c2noc(-c3cc(N)ccc3Br)n2)cc1. The predicted molar refractivity (Wildman–Crippen MR) is 86.7 cm³/mol. The van der Waals surface area contributed by atoms with Crippen molar-refractivity contribution < 1.29 is 4.52 Å². The van der Waals surface area contributed by atoms with Gasteiger partial charge in [0.2, 0.25) is 5.82 Å². The molecule has 5 heteroatoms. The summed E-state index contributed by atoms with van der Waals surface area (Å²) in [5.41, 5.74) is 9.46. The molecule has 106 valence electrons. The van der Waals surface area contributed by atoms with Crippen LogP contribution in [-0.4, -0.2) is 10.1 Å². The van der Waals surface area contributed by atoms with Crippen LogP contribution in [0.4, 0.5) is 5.69 Å². The van der Waals surface area contributed by atoms with Crippen molar-refractivity contribution in [3.05, 3.63) is 52.5 Å². The number of nitrogens with zero attached hydrogens (tertiary/aromatic N) is 2. The van der Waals surface area contributed by atoms with Crippen LogP contribution in [-0.2, 0) is 6.42 Å². The zero-order chi connectivity index (χ0) is 14.8. The molecule has 0 aliphatic heterocycles. The smallest absolute Gasteiger partial charge is 0.259 e. The van der Waals surface area contributed by atoms with E-state index < -0.39 is 0 Å². The van der Waals surface area contributed by atoms with E-state index in [1.807, 2.05) is 30.3 Å². The van der Waals surface area contributed by atoms with Crippen molar-refractivity contribution in [2.24, 2.45) is 0 Å². The van der Waals surface area contributed by atoms with E-state index >= 15 is 0 Å². The summed E-state index contributed by atoms with van der Waals surface area (Å²) in [5.74, 6) is 1.02. The molecular weight excluding hydrogens is 330 g/mol. The maximum absolute atomic E-state index is 5.80. The first kappa shape index (κ1) is 13.8. The Hall–Kier alpha value is -2.14. The van der Waals surface area contributed by atoms with Crippen LogP contribution in [0.2, 0.25) is 0 Å². The Kier molecular flexibility index (Phi) is 3.75. The standard InChI is InChI=1S/C16H14BrN3O/c1-2-10-3-5-11(6-4-10)15-19-16(21-20-15)13-9-12(18)7-8-14(13)17/h3-9H,2,18H2,1H3. The number of nitrogen functional groups attached to an aromatic ring is 1. The first-order chi connectivity index (χ1) is 10.2. The van der Waals surface area contributed by atoms with Gasteiger partial charge in [0.15, 0.2) is 0 Å². The molecular formula is C16H14BrN3O. The van der Waals surface area contributed by atoms with Gasteiger partial charge in [-0.05, 0) is 46.1 Å². The molecule has 0 aliphatic rings. The molecule has 0 saturated heterocycles. The van der Waals surface area contributed by atoms with Crippen molar-refractivity contribution in [1.29, 1.82) is 0 Å². The topological polar surface area (TPSA) is 64.9 Å². The van der Waals surface area contributed by atoms with Gasteiger partial charge in [-0.2, -0.15) is 4.98 Å². The van der Waals surface area contributed by atoms with Gasteiger partial charge in [0.05, 0.1) is 5.56 Å². The first-order valence-electron chi connectivity index (χ1n) is 6.66. The maximum Gasteiger partial charge on any atom is 0.259 e. The van der Waals surface area contributed by atoms with E-state index in [9.17, 15) is 0 Å². The van der Waals surface area contributed by atoms with Gasteiger partial charge in [-0.25, -0.2) is 0 Å². The number of aryl methyl sites for hydroxylation is 1. The van der Waals surface area contributed by atoms with Crippen molar-refractivity contribution in [2.45, 2.75) is 13.3 Å². The summed E-state index contributed by atoms with van der Waals surface area (Å²) < 4.78 is 6.22. The highest BCUT2D eigenvalue weighted by Gasteiger charge is 2.13. The van der Waals surface area contributed by atoms with Crippen molar-refractivity contribution in [3.63, 3.8) is 0 Å². The van der Waals surface area contributed by atoms with E-state index in [4.69, 9.17) is 10.3 Å². The van der Waals surface area contributed by atoms with Crippen molar-refractivity contribution in [3.8, 4) is 22.8 Å². The summed E-state index contributed by atoms with van der Waals surface area (Å²) in [6.07, 6.45) is 1.01. The first-order valence-corrected chi connectivity index (χ1v) is 7.45. The molecule has 1 heterocycles. The third-order valence-corrected chi connectivity index (χ3v) is 3.96. The van der Waals surface area contributed by atoms with E-state index in [2.05, 4.69) is 45.1 Å². The number of anilines is 1. The Morgan fingerprint density at radius 3 is 2.62 bits per heavy atom. The zero-order valence-corrected chi connectivity index (χ0v) is 13.1. The molecule has 1 aromatic heterocycles. The van der Waals surface area contributed by atoms with Crippen LogP contribution >= 0.6 is 15.9 Å². The molecule has 0 fully saturated rings. The van der Waals surface area contributed by atoms with E-state index in [0.29, 0.717) is 17.4 Å². The van der Waals surface area contributed by atoms with Gasteiger partial charge in [0.25, 0.3) is 5.89 Å². The van der Waals surface area contributed by atoms with Gasteiger partial charge in [-0.15, -0.1) is 0 Å². The Bertz CT molecular complexity index is 765. The lowest BCUT2D eigenvalue weighted by Gasteiger charge is -2.00. The van der Waals surface area contributed by atoms with Crippen LogP contribution < -0.4 is 5.73 Å². The van der Waals surface area contributed by atoms with Crippen LogP contribution in [0.3, 0.4) is 0 Å².